The van der Waals surface area contributed by atoms with Crippen molar-refractivity contribution in [3.63, 3.8) is 0 Å². The summed E-state index contributed by atoms with van der Waals surface area (Å²) < 4.78 is 14.7. The number of carbonyl (C=O) groups is 3. The Labute approximate surface area is 159 Å². The molecule has 0 aliphatic heterocycles. The van der Waals surface area contributed by atoms with Crippen LogP contribution in [0.25, 0.3) is 0 Å². The highest BCUT2D eigenvalue weighted by molar-refractivity contribution is 5.97. The molecule has 0 atom stereocenters. The van der Waals surface area contributed by atoms with Crippen molar-refractivity contribution in [3.8, 4) is 0 Å². The smallest absolute Gasteiger partial charge is 0.336 e. The first kappa shape index (κ1) is 24.6. The van der Waals surface area contributed by atoms with E-state index in [0.717, 1.165) is 0 Å². The molecule has 0 aromatic carbocycles. The van der Waals surface area contributed by atoms with Crippen molar-refractivity contribution in [2.24, 2.45) is 5.92 Å². The molecule has 0 fully saturated rings. The summed E-state index contributed by atoms with van der Waals surface area (Å²) in [7, 11) is 0. The molecule has 0 radical (unpaired) electrons. The van der Waals surface area contributed by atoms with E-state index in [4.69, 9.17) is 24.0 Å². The van der Waals surface area contributed by atoms with Crippen LogP contribution in [0, 0.1) is 5.92 Å². The summed E-state index contributed by atoms with van der Waals surface area (Å²) >= 11 is 0. The fourth-order valence-corrected chi connectivity index (χ4v) is 1.72. The monoisotopic (exact) mass is 384 g/mol. The van der Waals surface area contributed by atoms with E-state index in [0.29, 0.717) is 6.61 Å². The zero-order valence-electron chi connectivity index (χ0n) is 16.3. The normalized spacial score (nSPS) is 12.0. The third-order valence-electron chi connectivity index (χ3n) is 2.86. The van der Waals surface area contributed by atoms with Gasteiger partial charge in [-0.25, -0.2) is 14.6 Å². The molecule has 0 aromatic rings. The average molecular weight is 384 g/mol. The predicted molar refractivity (Wildman–Crippen MR) is 97.3 cm³/mol. The zero-order valence-corrected chi connectivity index (χ0v) is 16.3. The molecule has 0 heterocycles. The maximum atomic E-state index is 11.8. The lowest BCUT2D eigenvalue weighted by Gasteiger charge is -2.10. The molecule has 0 rings (SSSR count). The molecule has 0 amide bonds. The second kappa shape index (κ2) is 15.8. The van der Waals surface area contributed by atoms with E-state index in [1.165, 1.54) is 18.2 Å². The topological polar surface area (TPSA) is 97.4 Å². The Kier molecular flexibility index (Phi) is 14.3. The van der Waals surface area contributed by atoms with Crippen LogP contribution in [0.2, 0.25) is 0 Å². The van der Waals surface area contributed by atoms with E-state index in [1.54, 1.807) is 39.8 Å². The molecule has 0 unspecified atom stereocenters. The third kappa shape index (κ3) is 11.0. The first-order chi connectivity index (χ1) is 13.0. The number of rotatable bonds is 13. The molecule has 8 nitrogen and oxygen atoms in total. The number of hydrogen-bond donors (Lipinski definition) is 0. The summed E-state index contributed by atoms with van der Waals surface area (Å²) in [4.78, 5) is 45.1. The van der Waals surface area contributed by atoms with Crippen molar-refractivity contribution in [3.05, 3.63) is 36.0 Å². The molecule has 8 heteroatoms. The molecule has 0 saturated heterocycles. The van der Waals surface area contributed by atoms with Crippen molar-refractivity contribution in [2.75, 3.05) is 33.0 Å². The predicted octanol–water partition coefficient (Wildman–Crippen LogP) is 2.30. The second-order valence-corrected chi connectivity index (χ2v) is 4.83. The van der Waals surface area contributed by atoms with Crippen LogP contribution in [0.15, 0.2) is 36.0 Å². The van der Waals surface area contributed by atoms with E-state index >= 15 is 0 Å². The maximum Gasteiger partial charge on any atom is 0.336 e. The Morgan fingerprint density at radius 3 is 1.85 bits per heavy atom. The van der Waals surface area contributed by atoms with Gasteiger partial charge in [-0.2, -0.15) is 0 Å². The van der Waals surface area contributed by atoms with Crippen molar-refractivity contribution in [1.29, 1.82) is 0 Å². The van der Waals surface area contributed by atoms with Gasteiger partial charge in [-0.05, 0) is 33.8 Å². The second-order valence-electron chi connectivity index (χ2n) is 4.83. The summed E-state index contributed by atoms with van der Waals surface area (Å²) in [6.45, 7) is 7.56. The molecule has 0 aromatic heterocycles. The first-order valence-electron chi connectivity index (χ1n) is 8.80. The Hall–Kier alpha value is -2.45. The number of carbonyl (C=O) groups excluding carboxylic acids is 3. The Bertz CT molecular complexity index is 530. The fourth-order valence-electron chi connectivity index (χ4n) is 1.72. The third-order valence-corrected chi connectivity index (χ3v) is 2.86. The lowest BCUT2D eigenvalue weighted by Crippen LogP contribution is -2.26. The van der Waals surface area contributed by atoms with Gasteiger partial charge in [0.25, 0.3) is 0 Å². The van der Waals surface area contributed by atoms with Gasteiger partial charge >= 0.3 is 17.9 Å². The Morgan fingerprint density at radius 1 is 0.741 bits per heavy atom. The largest absolute Gasteiger partial charge is 0.465 e. The van der Waals surface area contributed by atoms with Crippen molar-refractivity contribution in [2.45, 2.75) is 27.7 Å². The quantitative estimate of drug-likeness (QED) is 0.0697. The number of esters is 3. The Morgan fingerprint density at radius 2 is 1.33 bits per heavy atom. The number of ether oxygens (including phenoxy) is 3. The van der Waals surface area contributed by atoms with Crippen molar-refractivity contribution in [1.82, 2.24) is 0 Å². The van der Waals surface area contributed by atoms with Gasteiger partial charge < -0.3 is 14.2 Å². The van der Waals surface area contributed by atoms with E-state index in [1.807, 2.05) is 0 Å². The van der Waals surface area contributed by atoms with Gasteiger partial charge in [0.05, 0.1) is 32.0 Å². The van der Waals surface area contributed by atoms with Crippen LogP contribution < -0.4 is 0 Å². The van der Waals surface area contributed by atoms with Gasteiger partial charge in [0.2, 0.25) is 0 Å². The minimum absolute atomic E-state index is 0.0744. The molecule has 152 valence electrons. The summed E-state index contributed by atoms with van der Waals surface area (Å²) in [5.74, 6) is -3.05. The van der Waals surface area contributed by atoms with Gasteiger partial charge in [0, 0.05) is 0 Å². The number of hydrogen-bond acceptors (Lipinski definition) is 8. The van der Waals surface area contributed by atoms with Gasteiger partial charge in [0.1, 0.15) is 6.61 Å². The van der Waals surface area contributed by atoms with E-state index in [9.17, 15) is 14.4 Å². The van der Waals surface area contributed by atoms with Crippen LogP contribution >= 0.6 is 0 Å². The zero-order chi connectivity index (χ0) is 20.5. The van der Waals surface area contributed by atoms with Crippen molar-refractivity contribution < 1.29 is 38.4 Å². The molecular weight excluding hydrogens is 356 g/mol. The van der Waals surface area contributed by atoms with Crippen molar-refractivity contribution >= 4 is 17.9 Å². The van der Waals surface area contributed by atoms with E-state index in [-0.39, 0.29) is 32.0 Å². The molecule has 0 saturated carbocycles. The van der Waals surface area contributed by atoms with Crippen LogP contribution in [-0.2, 0) is 38.4 Å². The molecule has 27 heavy (non-hydrogen) atoms. The van der Waals surface area contributed by atoms with Crippen LogP contribution in [0.3, 0.4) is 0 Å². The van der Waals surface area contributed by atoms with Crippen LogP contribution in [-0.4, -0.2) is 50.9 Å². The van der Waals surface area contributed by atoms with Crippen LogP contribution in [0.4, 0.5) is 0 Å². The highest BCUT2D eigenvalue weighted by Crippen LogP contribution is 2.07. The molecule has 0 aliphatic rings. The highest BCUT2D eigenvalue weighted by Gasteiger charge is 2.26. The Balaban J connectivity index is 5.05. The molecule has 0 N–H and O–H groups in total. The number of allylic oxidation sites excluding steroid dienone is 4. The van der Waals surface area contributed by atoms with Crippen LogP contribution in [0.5, 0.6) is 0 Å². The van der Waals surface area contributed by atoms with Gasteiger partial charge in [-0.1, -0.05) is 24.3 Å². The minimum atomic E-state index is -1.15. The standard InChI is InChI=1S/C19H28O8/c1-5-23-17(20)15(14-27-26-8-4)12-10-9-11-13-16(18(21)24-6-2)19(22)25-7-3/h9-13,16H,5-8,14H2,1-4H3. The lowest BCUT2D eigenvalue weighted by atomic mass is 10.1. The van der Waals surface area contributed by atoms with E-state index in [2.05, 4.69) is 0 Å². The molecule has 0 bridgehead atoms. The molecule has 0 aliphatic carbocycles. The van der Waals surface area contributed by atoms with Gasteiger partial charge in [-0.3, -0.25) is 9.59 Å². The SMILES string of the molecule is CCOOCC(=CC=CC=CC(C(=O)OCC)C(=O)OCC)C(=O)OCC. The first-order valence-corrected chi connectivity index (χ1v) is 8.80. The fraction of sp³-hybridized carbons (Fsp3) is 0.526. The van der Waals surface area contributed by atoms with Gasteiger partial charge in [-0.15, -0.1) is 0 Å². The summed E-state index contributed by atoms with van der Waals surface area (Å²) in [6, 6.07) is 0. The summed E-state index contributed by atoms with van der Waals surface area (Å²) in [5.41, 5.74) is 0.252. The molecule has 0 spiro atoms. The highest BCUT2D eigenvalue weighted by atomic mass is 17.2. The average Bonchev–Trinajstić information content (AvgIpc) is 2.63. The minimum Gasteiger partial charge on any atom is -0.465 e. The van der Waals surface area contributed by atoms with E-state index < -0.39 is 23.8 Å². The summed E-state index contributed by atoms with van der Waals surface area (Å²) in [5, 5.41) is 0. The molecular formula is C19H28O8. The lowest BCUT2D eigenvalue weighted by molar-refractivity contribution is -0.284. The van der Waals surface area contributed by atoms with Gasteiger partial charge in [0.15, 0.2) is 5.92 Å². The summed E-state index contributed by atoms with van der Waals surface area (Å²) in [6.07, 6.45) is 7.43. The van der Waals surface area contributed by atoms with Crippen LogP contribution in [0.1, 0.15) is 27.7 Å². The maximum absolute atomic E-state index is 11.8.